The molecule has 0 aromatic carbocycles. The fourth-order valence-electron chi connectivity index (χ4n) is 2.31. The third kappa shape index (κ3) is 2.23. The Labute approximate surface area is 91.3 Å². The second kappa shape index (κ2) is 4.35. The number of carbonyl (C=O) groups excluding carboxylic acids is 1. The lowest BCUT2D eigenvalue weighted by atomic mass is 10.0. The lowest BCUT2D eigenvalue weighted by Gasteiger charge is -2.23. The summed E-state index contributed by atoms with van der Waals surface area (Å²) in [5.41, 5.74) is 2.19. The standard InChI is InChI=1S/C12H20N2O/c1-8-4-3-5-11(8)14-12(15)9(2)10-6-13-7-10/h8,11,13H,3-7H2,1-2H3,(H,14,15). The first-order valence-corrected chi connectivity index (χ1v) is 5.88. The Balaban J connectivity index is 1.91. The zero-order valence-corrected chi connectivity index (χ0v) is 9.60. The van der Waals surface area contributed by atoms with Crippen LogP contribution in [-0.2, 0) is 4.79 Å². The molecule has 3 heteroatoms. The minimum atomic E-state index is 0.144. The van der Waals surface area contributed by atoms with Crippen molar-refractivity contribution in [1.82, 2.24) is 10.6 Å². The Morgan fingerprint density at radius 3 is 2.60 bits per heavy atom. The predicted molar refractivity (Wildman–Crippen MR) is 60.5 cm³/mol. The summed E-state index contributed by atoms with van der Waals surface area (Å²) >= 11 is 0. The van der Waals surface area contributed by atoms with E-state index in [0.29, 0.717) is 12.0 Å². The summed E-state index contributed by atoms with van der Waals surface area (Å²) in [6.45, 7) is 5.94. The summed E-state index contributed by atoms with van der Waals surface area (Å²) in [7, 11) is 0. The van der Waals surface area contributed by atoms with Crippen LogP contribution in [0.4, 0.5) is 0 Å². The summed E-state index contributed by atoms with van der Waals surface area (Å²) in [4.78, 5) is 11.9. The zero-order valence-electron chi connectivity index (χ0n) is 9.60. The monoisotopic (exact) mass is 208 g/mol. The van der Waals surface area contributed by atoms with E-state index in [0.717, 1.165) is 25.1 Å². The summed E-state index contributed by atoms with van der Waals surface area (Å²) in [6, 6.07) is 0.404. The molecule has 0 bridgehead atoms. The summed E-state index contributed by atoms with van der Waals surface area (Å²) < 4.78 is 0. The van der Waals surface area contributed by atoms with Crippen LogP contribution in [0.15, 0.2) is 11.1 Å². The topological polar surface area (TPSA) is 41.1 Å². The van der Waals surface area contributed by atoms with E-state index < -0.39 is 0 Å². The zero-order chi connectivity index (χ0) is 10.8. The van der Waals surface area contributed by atoms with Gasteiger partial charge in [-0.25, -0.2) is 0 Å². The molecule has 3 nitrogen and oxygen atoms in total. The Morgan fingerprint density at radius 1 is 1.40 bits per heavy atom. The van der Waals surface area contributed by atoms with E-state index in [1.807, 2.05) is 6.92 Å². The van der Waals surface area contributed by atoms with Crippen molar-refractivity contribution >= 4 is 5.91 Å². The van der Waals surface area contributed by atoms with Crippen LogP contribution in [0.25, 0.3) is 0 Å². The molecule has 2 rings (SSSR count). The number of hydrogen-bond donors (Lipinski definition) is 2. The first kappa shape index (κ1) is 10.7. The van der Waals surface area contributed by atoms with Gasteiger partial charge in [-0.15, -0.1) is 0 Å². The molecule has 1 heterocycles. The Kier molecular flexibility index (Phi) is 3.10. The smallest absolute Gasteiger partial charge is 0.247 e. The molecule has 2 fully saturated rings. The van der Waals surface area contributed by atoms with E-state index in [2.05, 4.69) is 17.6 Å². The maximum atomic E-state index is 11.9. The van der Waals surface area contributed by atoms with E-state index >= 15 is 0 Å². The number of carbonyl (C=O) groups is 1. The Hall–Kier alpha value is -0.830. The van der Waals surface area contributed by atoms with Crippen LogP contribution in [-0.4, -0.2) is 25.0 Å². The summed E-state index contributed by atoms with van der Waals surface area (Å²) in [6.07, 6.45) is 3.65. The van der Waals surface area contributed by atoms with Crippen molar-refractivity contribution in [1.29, 1.82) is 0 Å². The van der Waals surface area contributed by atoms with Crippen molar-refractivity contribution in [2.75, 3.05) is 13.1 Å². The molecule has 2 aliphatic rings. The predicted octanol–water partition coefficient (Wildman–Crippen LogP) is 1.21. The third-order valence-corrected chi connectivity index (χ3v) is 3.73. The molecule has 1 saturated carbocycles. The van der Waals surface area contributed by atoms with Crippen LogP contribution in [0.3, 0.4) is 0 Å². The maximum absolute atomic E-state index is 11.9. The number of amides is 1. The third-order valence-electron chi connectivity index (χ3n) is 3.73. The number of hydrogen-bond acceptors (Lipinski definition) is 2. The molecule has 84 valence electrons. The molecular weight excluding hydrogens is 188 g/mol. The van der Waals surface area contributed by atoms with Gasteiger partial charge in [0.15, 0.2) is 0 Å². The van der Waals surface area contributed by atoms with E-state index in [-0.39, 0.29) is 5.91 Å². The van der Waals surface area contributed by atoms with Gasteiger partial charge in [0.2, 0.25) is 5.91 Å². The molecule has 0 spiro atoms. The van der Waals surface area contributed by atoms with Gasteiger partial charge >= 0.3 is 0 Å². The molecule has 2 atom stereocenters. The molecule has 1 saturated heterocycles. The van der Waals surface area contributed by atoms with Crippen LogP contribution in [0.2, 0.25) is 0 Å². The van der Waals surface area contributed by atoms with Gasteiger partial charge in [0.25, 0.3) is 0 Å². The van der Waals surface area contributed by atoms with E-state index in [4.69, 9.17) is 0 Å². The first-order chi connectivity index (χ1) is 7.18. The molecule has 2 N–H and O–H groups in total. The van der Waals surface area contributed by atoms with Gasteiger partial charge in [-0.1, -0.05) is 13.3 Å². The highest BCUT2D eigenvalue weighted by Gasteiger charge is 2.26. The average molecular weight is 208 g/mol. The molecule has 15 heavy (non-hydrogen) atoms. The van der Waals surface area contributed by atoms with E-state index in [1.165, 1.54) is 18.4 Å². The SMILES string of the molecule is CC(C(=O)NC1CCCC1C)=C1CNC1. The van der Waals surface area contributed by atoms with E-state index in [1.54, 1.807) is 0 Å². The summed E-state index contributed by atoms with van der Waals surface area (Å²) in [5.74, 6) is 0.788. The van der Waals surface area contributed by atoms with Gasteiger partial charge in [0, 0.05) is 24.7 Å². The van der Waals surface area contributed by atoms with Gasteiger partial charge in [-0.2, -0.15) is 0 Å². The van der Waals surface area contributed by atoms with Crippen molar-refractivity contribution in [3.8, 4) is 0 Å². The van der Waals surface area contributed by atoms with Crippen molar-refractivity contribution in [2.24, 2.45) is 5.92 Å². The van der Waals surface area contributed by atoms with Gasteiger partial charge in [0.05, 0.1) is 0 Å². The summed E-state index contributed by atoms with van der Waals surface area (Å²) in [5, 5.41) is 6.31. The minimum Gasteiger partial charge on any atom is -0.349 e. The highest BCUT2D eigenvalue weighted by molar-refractivity contribution is 5.94. The Morgan fingerprint density at radius 2 is 2.13 bits per heavy atom. The second-order valence-corrected chi connectivity index (χ2v) is 4.82. The average Bonchev–Trinajstić information content (AvgIpc) is 2.49. The molecule has 0 aromatic heterocycles. The van der Waals surface area contributed by atoms with Crippen LogP contribution >= 0.6 is 0 Å². The van der Waals surface area contributed by atoms with E-state index in [9.17, 15) is 4.79 Å². The van der Waals surface area contributed by atoms with Crippen LogP contribution in [0.5, 0.6) is 0 Å². The van der Waals surface area contributed by atoms with Crippen molar-refractivity contribution in [3.05, 3.63) is 11.1 Å². The van der Waals surface area contributed by atoms with Crippen molar-refractivity contribution in [3.63, 3.8) is 0 Å². The van der Waals surface area contributed by atoms with Gasteiger partial charge < -0.3 is 10.6 Å². The normalized spacial score (nSPS) is 29.9. The fourth-order valence-corrected chi connectivity index (χ4v) is 2.31. The fraction of sp³-hybridized carbons (Fsp3) is 0.750. The molecule has 0 radical (unpaired) electrons. The second-order valence-electron chi connectivity index (χ2n) is 4.82. The highest BCUT2D eigenvalue weighted by atomic mass is 16.1. The van der Waals surface area contributed by atoms with Gasteiger partial charge in [-0.05, 0) is 31.3 Å². The van der Waals surface area contributed by atoms with Crippen LogP contribution in [0.1, 0.15) is 33.1 Å². The van der Waals surface area contributed by atoms with Gasteiger partial charge in [-0.3, -0.25) is 4.79 Å². The number of nitrogens with one attached hydrogen (secondary N) is 2. The van der Waals surface area contributed by atoms with Crippen molar-refractivity contribution < 1.29 is 4.79 Å². The lowest BCUT2D eigenvalue weighted by Crippen LogP contribution is -2.41. The lowest BCUT2D eigenvalue weighted by molar-refractivity contribution is -0.118. The molecule has 1 amide bonds. The molecule has 0 aromatic rings. The largest absolute Gasteiger partial charge is 0.349 e. The van der Waals surface area contributed by atoms with Crippen LogP contribution in [0, 0.1) is 5.92 Å². The molecule has 1 aliphatic carbocycles. The quantitative estimate of drug-likeness (QED) is 0.670. The first-order valence-electron chi connectivity index (χ1n) is 5.88. The van der Waals surface area contributed by atoms with Crippen LogP contribution < -0.4 is 10.6 Å². The van der Waals surface area contributed by atoms with Gasteiger partial charge in [0.1, 0.15) is 0 Å². The highest BCUT2D eigenvalue weighted by Crippen LogP contribution is 2.25. The minimum absolute atomic E-state index is 0.144. The number of rotatable bonds is 2. The maximum Gasteiger partial charge on any atom is 0.247 e. The Bertz CT molecular complexity index is 290. The molecule has 2 unspecified atom stereocenters. The van der Waals surface area contributed by atoms with Crippen molar-refractivity contribution in [2.45, 2.75) is 39.2 Å². The molecule has 1 aliphatic heterocycles. The molecular formula is C12H20N2O.